The standard InChI is InChI=1S/C13H28N4O.C2H6/c1-14-4-2-5-16-11-10-15(9-8-14)6-3-7-17(18)13-12-16;1-2/h18H,2-13H2,1H3;1-2H3. The molecule has 0 aromatic rings. The zero-order valence-corrected chi connectivity index (χ0v) is 13.7. The van der Waals surface area contributed by atoms with Gasteiger partial charge in [0.05, 0.1) is 0 Å². The zero-order chi connectivity index (χ0) is 14.8. The van der Waals surface area contributed by atoms with Crippen LogP contribution in [0.3, 0.4) is 0 Å². The average Bonchev–Trinajstić information content (AvgIpc) is 2.48. The van der Waals surface area contributed by atoms with Crippen molar-refractivity contribution < 1.29 is 5.21 Å². The van der Waals surface area contributed by atoms with Gasteiger partial charge in [-0.25, -0.2) is 0 Å². The summed E-state index contributed by atoms with van der Waals surface area (Å²) in [4.78, 5) is 7.50. The SMILES string of the molecule is CC.CN1CCCN2CCN(O)CCCN(CC1)CC2. The van der Waals surface area contributed by atoms with Crippen molar-refractivity contribution in [3.8, 4) is 0 Å². The molecule has 5 heteroatoms. The lowest BCUT2D eigenvalue weighted by atomic mass is 10.2. The number of fused-ring (bicyclic) bond motifs is 3. The summed E-state index contributed by atoms with van der Waals surface area (Å²) < 4.78 is 0. The second kappa shape index (κ2) is 10.5. The van der Waals surface area contributed by atoms with Crippen LogP contribution in [0.5, 0.6) is 0 Å². The molecule has 2 aliphatic heterocycles. The normalized spacial score (nSPS) is 31.2. The minimum Gasteiger partial charge on any atom is -0.314 e. The van der Waals surface area contributed by atoms with Crippen molar-refractivity contribution in [1.82, 2.24) is 19.8 Å². The van der Waals surface area contributed by atoms with Crippen molar-refractivity contribution in [3.05, 3.63) is 0 Å². The highest BCUT2D eigenvalue weighted by atomic mass is 16.5. The number of likely N-dealkylation sites (N-methyl/N-ethyl adjacent to an activating group) is 1. The molecule has 2 unspecified atom stereocenters. The Kier molecular flexibility index (Phi) is 9.39. The number of hydrogen-bond donors (Lipinski definition) is 1. The molecule has 0 aromatic carbocycles. The van der Waals surface area contributed by atoms with Crippen LogP contribution in [0, 0.1) is 0 Å². The number of nitrogens with zero attached hydrogens (tertiary/aromatic N) is 4. The third kappa shape index (κ3) is 6.99. The molecule has 0 aliphatic carbocycles. The Morgan fingerprint density at radius 1 is 0.600 bits per heavy atom. The summed E-state index contributed by atoms with van der Waals surface area (Å²) in [5.41, 5.74) is 0. The lowest BCUT2D eigenvalue weighted by molar-refractivity contribution is -0.0987. The molecule has 2 atom stereocenters. The first-order valence-electron chi connectivity index (χ1n) is 8.31. The van der Waals surface area contributed by atoms with Gasteiger partial charge in [0.1, 0.15) is 0 Å². The van der Waals surface area contributed by atoms with Crippen LogP contribution in [-0.4, -0.2) is 97.5 Å². The number of hydroxylamine groups is 2. The first kappa shape index (κ1) is 17.9. The molecule has 2 saturated heterocycles. The van der Waals surface area contributed by atoms with Gasteiger partial charge in [0.2, 0.25) is 0 Å². The maximum atomic E-state index is 9.77. The lowest BCUT2D eigenvalue weighted by Gasteiger charge is -2.33. The molecule has 2 rings (SSSR count). The third-order valence-corrected chi connectivity index (χ3v) is 4.11. The van der Waals surface area contributed by atoms with Crippen LogP contribution < -0.4 is 0 Å². The van der Waals surface area contributed by atoms with E-state index >= 15 is 0 Å². The summed E-state index contributed by atoms with van der Waals surface area (Å²) >= 11 is 0. The Labute approximate surface area is 125 Å². The summed E-state index contributed by atoms with van der Waals surface area (Å²) in [7, 11) is 2.23. The van der Waals surface area contributed by atoms with Crippen molar-refractivity contribution in [2.24, 2.45) is 0 Å². The van der Waals surface area contributed by atoms with Gasteiger partial charge in [-0.1, -0.05) is 13.8 Å². The highest BCUT2D eigenvalue weighted by Crippen LogP contribution is 2.04. The van der Waals surface area contributed by atoms with E-state index in [4.69, 9.17) is 0 Å². The summed E-state index contributed by atoms with van der Waals surface area (Å²) in [6, 6.07) is 0. The minimum absolute atomic E-state index is 0.788. The molecule has 2 bridgehead atoms. The lowest BCUT2D eigenvalue weighted by Crippen LogP contribution is -2.45. The fourth-order valence-corrected chi connectivity index (χ4v) is 2.79. The van der Waals surface area contributed by atoms with Gasteiger partial charge in [-0.3, -0.25) is 0 Å². The van der Waals surface area contributed by atoms with Crippen LogP contribution in [0.15, 0.2) is 0 Å². The molecule has 5 nitrogen and oxygen atoms in total. The molecule has 0 radical (unpaired) electrons. The Balaban J connectivity index is 0.000000956. The van der Waals surface area contributed by atoms with Gasteiger partial charge in [0, 0.05) is 45.8 Å². The predicted octanol–water partition coefficient (Wildman–Crippen LogP) is 1.05. The highest BCUT2D eigenvalue weighted by Gasteiger charge is 2.15. The van der Waals surface area contributed by atoms with Gasteiger partial charge >= 0.3 is 0 Å². The minimum atomic E-state index is 0.788. The van der Waals surface area contributed by atoms with E-state index in [1.54, 1.807) is 0 Å². The summed E-state index contributed by atoms with van der Waals surface area (Å²) in [6.07, 6.45) is 2.31. The van der Waals surface area contributed by atoms with E-state index in [1.165, 1.54) is 31.1 Å². The summed E-state index contributed by atoms with van der Waals surface area (Å²) in [5.74, 6) is 0. The Morgan fingerprint density at radius 3 is 1.75 bits per heavy atom. The second-order valence-electron chi connectivity index (χ2n) is 5.65. The van der Waals surface area contributed by atoms with Gasteiger partial charge in [-0.15, -0.1) is 0 Å². The van der Waals surface area contributed by atoms with E-state index < -0.39 is 0 Å². The average molecular weight is 286 g/mol. The van der Waals surface area contributed by atoms with Gasteiger partial charge in [-0.05, 0) is 39.5 Å². The van der Waals surface area contributed by atoms with E-state index in [0.29, 0.717) is 0 Å². The highest BCUT2D eigenvalue weighted by molar-refractivity contribution is 4.71. The van der Waals surface area contributed by atoms with E-state index in [-0.39, 0.29) is 0 Å². The van der Waals surface area contributed by atoms with Crippen LogP contribution in [0.25, 0.3) is 0 Å². The van der Waals surface area contributed by atoms with Crippen molar-refractivity contribution in [2.75, 3.05) is 72.5 Å². The molecule has 2 aliphatic rings. The fourth-order valence-electron chi connectivity index (χ4n) is 2.79. The van der Waals surface area contributed by atoms with Crippen molar-refractivity contribution >= 4 is 0 Å². The molecule has 2 heterocycles. The monoisotopic (exact) mass is 286 g/mol. The molecule has 2 fully saturated rings. The van der Waals surface area contributed by atoms with Gasteiger partial charge in [0.25, 0.3) is 0 Å². The zero-order valence-electron chi connectivity index (χ0n) is 13.7. The van der Waals surface area contributed by atoms with Crippen LogP contribution in [0.4, 0.5) is 0 Å². The Hall–Kier alpha value is -0.200. The molecule has 120 valence electrons. The first-order valence-corrected chi connectivity index (χ1v) is 8.31. The largest absolute Gasteiger partial charge is 0.314 e. The van der Waals surface area contributed by atoms with Gasteiger partial charge < -0.3 is 19.9 Å². The van der Waals surface area contributed by atoms with E-state index in [0.717, 1.165) is 52.2 Å². The van der Waals surface area contributed by atoms with Gasteiger partial charge in [-0.2, -0.15) is 5.06 Å². The van der Waals surface area contributed by atoms with Crippen LogP contribution >= 0.6 is 0 Å². The molecular formula is C15H34N4O. The quantitative estimate of drug-likeness (QED) is 0.720. The van der Waals surface area contributed by atoms with Crippen molar-refractivity contribution in [2.45, 2.75) is 26.7 Å². The first-order chi connectivity index (χ1) is 9.74. The molecular weight excluding hydrogens is 252 g/mol. The number of rotatable bonds is 0. The maximum Gasteiger partial charge on any atom is 0.0365 e. The van der Waals surface area contributed by atoms with Crippen LogP contribution in [0.2, 0.25) is 0 Å². The maximum absolute atomic E-state index is 9.77. The summed E-state index contributed by atoms with van der Waals surface area (Å²) in [6.45, 7) is 14.7. The number of hydrogen-bond acceptors (Lipinski definition) is 5. The van der Waals surface area contributed by atoms with Crippen LogP contribution in [0.1, 0.15) is 26.7 Å². The van der Waals surface area contributed by atoms with Crippen molar-refractivity contribution in [3.63, 3.8) is 0 Å². The molecule has 1 N–H and O–H groups in total. The molecule has 20 heavy (non-hydrogen) atoms. The molecule has 0 spiro atoms. The fraction of sp³-hybridized carbons (Fsp3) is 1.00. The topological polar surface area (TPSA) is 33.2 Å². The Morgan fingerprint density at radius 2 is 1.10 bits per heavy atom. The smallest absolute Gasteiger partial charge is 0.0365 e. The molecule has 0 amide bonds. The van der Waals surface area contributed by atoms with Crippen LogP contribution in [-0.2, 0) is 0 Å². The second-order valence-corrected chi connectivity index (χ2v) is 5.65. The Bertz CT molecular complexity index is 216. The van der Waals surface area contributed by atoms with Crippen molar-refractivity contribution in [1.29, 1.82) is 0 Å². The van der Waals surface area contributed by atoms with Gasteiger partial charge in [0.15, 0.2) is 0 Å². The molecule has 0 aromatic heterocycles. The van der Waals surface area contributed by atoms with E-state index in [1.807, 2.05) is 13.8 Å². The van der Waals surface area contributed by atoms with E-state index in [9.17, 15) is 5.21 Å². The third-order valence-electron chi connectivity index (χ3n) is 4.11. The predicted molar refractivity (Wildman–Crippen MR) is 84.3 cm³/mol. The van der Waals surface area contributed by atoms with E-state index in [2.05, 4.69) is 21.7 Å². The summed E-state index contributed by atoms with van der Waals surface area (Å²) in [5, 5.41) is 11.3. The molecule has 0 saturated carbocycles.